The largest absolute Gasteiger partial charge is 0.484 e. The topological polar surface area (TPSA) is 88.0 Å². The van der Waals surface area contributed by atoms with Gasteiger partial charge in [-0.25, -0.2) is 14.4 Å². The van der Waals surface area contributed by atoms with Crippen molar-refractivity contribution in [2.75, 3.05) is 13.3 Å². The van der Waals surface area contributed by atoms with Crippen molar-refractivity contribution in [2.24, 2.45) is 4.99 Å². The molecular weight excluding hydrogens is 456 g/mol. The first kappa shape index (κ1) is 24.5. The van der Waals surface area contributed by atoms with E-state index in [1.807, 2.05) is 27.7 Å². The normalized spacial score (nSPS) is 26.3. The molecule has 2 heterocycles. The highest BCUT2D eigenvalue weighted by atomic mass is 19.4. The predicted octanol–water partition coefficient (Wildman–Crippen LogP) is 4.12. The van der Waals surface area contributed by atoms with Crippen LogP contribution in [0.2, 0.25) is 0 Å². The van der Waals surface area contributed by atoms with E-state index >= 15 is 0 Å². The van der Waals surface area contributed by atoms with E-state index in [2.05, 4.69) is 15.8 Å². The van der Waals surface area contributed by atoms with E-state index in [1.54, 1.807) is 18.2 Å². The summed E-state index contributed by atoms with van der Waals surface area (Å²) >= 11 is 0. The van der Waals surface area contributed by atoms with Crippen molar-refractivity contribution in [3.63, 3.8) is 0 Å². The number of rotatable bonds is 5. The predicted molar refractivity (Wildman–Crippen MR) is 118 cm³/mol. The Bertz CT molecular complexity index is 1110. The lowest BCUT2D eigenvalue weighted by molar-refractivity contribution is -0.153. The second-order valence-electron chi connectivity index (χ2n) is 10.0. The Morgan fingerprint density at radius 2 is 1.94 bits per heavy atom. The number of ether oxygens (including phenoxy) is 2. The van der Waals surface area contributed by atoms with Crippen molar-refractivity contribution in [3.8, 4) is 5.75 Å². The minimum absolute atomic E-state index is 0.132. The van der Waals surface area contributed by atoms with Crippen molar-refractivity contribution >= 4 is 16.9 Å². The van der Waals surface area contributed by atoms with Gasteiger partial charge in [-0.3, -0.25) is 5.43 Å². The summed E-state index contributed by atoms with van der Waals surface area (Å²) in [5, 5.41) is 10.5. The van der Waals surface area contributed by atoms with Gasteiger partial charge in [0.05, 0.1) is 22.9 Å². The summed E-state index contributed by atoms with van der Waals surface area (Å²) in [6.45, 7) is 5.52. The highest BCUT2D eigenvalue weighted by Gasteiger charge is 2.43. The zero-order valence-electron chi connectivity index (χ0n) is 19.4. The minimum Gasteiger partial charge on any atom is -0.484 e. The number of hydrogen-bond donors (Lipinski definition) is 3. The lowest BCUT2D eigenvalue weighted by atomic mass is 9.77. The summed E-state index contributed by atoms with van der Waals surface area (Å²) in [5.74, 6) is 0.132. The van der Waals surface area contributed by atoms with Gasteiger partial charge in [0.1, 0.15) is 12.4 Å². The first-order valence-electron chi connectivity index (χ1n) is 11.0. The van der Waals surface area contributed by atoms with Crippen molar-refractivity contribution in [1.29, 1.82) is 0 Å². The number of aromatic nitrogens is 1. The first-order chi connectivity index (χ1) is 15.8. The molecule has 0 bridgehead atoms. The van der Waals surface area contributed by atoms with Crippen molar-refractivity contribution in [2.45, 2.75) is 70.0 Å². The van der Waals surface area contributed by atoms with Crippen LogP contribution < -0.4 is 15.6 Å². The summed E-state index contributed by atoms with van der Waals surface area (Å²) in [7, 11) is 0. The van der Waals surface area contributed by atoms with Crippen LogP contribution in [0.1, 0.15) is 56.7 Å². The van der Waals surface area contributed by atoms with Gasteiger partial charge in [0.15, 0.2) is 6.61 Å². The molecule has 0 amide bonds. The van der Waals surface area contributed by atoms with Gasteiger partial charge in [-0.05, 0) is 41.7 Å². The Hall–Kier alpha value is -2.66. The molecule has 2 aliphatic rings. The molecule has 34 heavy (non-hydrogen) atoms. The maximum Gasteiger partial charge on any atom is 0.422 e. The maximum absolute atomic E-state index is 12.8. The van der Waals surface area contributed by atoms with E-state index in [4.69, 9.17) is 14.5 Å². The second-order valence-corrected chi connectivity index (χ2v) is 10.0. The molecule has 1 aliphatic carbocycles. The summed E-state index contributed by atoms with van der Waals surface area (Å²) in [6.07, 6.45) is -4.64. The molecule has 1 atom stereocenters. The van der Waals surface area contributed by atoms with E-state index in [0.717, 1.165) is 11.1 Å². The van der Waals surface area contributed by atoms with Gasteiger partial charge in [0.25, 0.3) is 0 Å². The molecule has 1 aromatic heterocycles. The molecule has 3 N–H and O–H groups in total. The molecule has 1 aliphatic heterocycles. The number of aryl methyl sites for hydroxylation is 1. The number of aliphatic imine (C=N–C) groups is 1. The maximum atomic E-state index is 12.8. The Balaban J connectivity index is 1.61. The molecule has 1 unspecified atom stereocenters. The van der Waals surface area contributed by atoms with Gasteiger partial charge >= 0.3 is 12.2 Å². The zero-order chi connectivity index (χ0) is 24.9. The fourth-order valence-electron chi connectivity index (χ4n) is 4.12. The molecular formula is C23H28F4N4O3. The van der Waals surface area contributed by atoms with E-state index < -0.39 is 36.7 Å². The SMILES string of the molecule is Cc1cc(C2NNC(=NC3CC(O)(CF)C3)O2)nc2c(C(C)(C)C)cc(OCC(F)(F)F)cc12. The van der Waals surface area contributed by atoms with Crippen molar-refractivity contribution in [3.05, 3.63) is 35.0 Å². The van der Waals surface area contributed by atoms with Gasteiger partial charge in [0.2, 0.25) is 6.23 Å². The highest BCUT2D eigenvalue weighted by Crippen LogP contribution is 2.37. The average molecular weight is 484 g/mol. The van der Waals surface area contributed by atoms with E-state index in [1.165, 1.54) is 0 Å². The Kier molecular flexibility index (Phi) is 6.14. The number of alkyl halides is 4. The summed E-state index contributed by atoms with van der Waals surface area (Å²) in [5.41, 5.74) is 6.82. The van der Waals surface area contributed by atoms with Crippen LogP contribution in [0.25, 0.3) is 10.9 Å². The Labute approximate surface area is 194 Å². The van der Waals surface area contributed by atoms with Gasteiger partial charge in [0, 0.05) is 18.2 Å². The molecule has 2 aromatic rings. The van der Waals surface area contributed by atoms with Crippen LogP contribution in [-0.4, -0.2) is 47.2 Å². The summed E-state index contributed by atoms with van der Waals surface area (Å²) in [6, 6.07) is 4.94. The van der Waals surface area contributed by atoms with Crippen LogP contribution in [0.5, 0.6) is 5.75 Å². The number of amidine groups is 1. The molecule has 186 valence electrons. The first-order valence-corrected chi connectivity index (χ1v) is 11.0. The van der Waals surface area contributed by atoms with Crippen LogP contribution >= 0.6 is 0 Å². The highest BCUT2D eigenvalue weighted by molar-refractivity contribution is 5.87. The van der Waals surface area contributed by atoms with E-state index in [9.17, 15) is 22.7 Å². The van der Waals surface area contributed by atoms with Crippen LogP contribution in [0, 0.1) is 6.92 Å². The third-order valence-electron chi connectivity index (χ3n) is 5.91. The number of hydrogen-bond acceptors (Lipinski definition) is 6. The van der Waals surface area contributed by atoms with Gasteiger partial charge in [-0.15, -0.1) is 0 Å². The van der Waals surface area contributed by atoms with Crippen LogP contribution in [-0.2, 0) is 10.2 Å². The van der Waals surface area contributed by atoms with Crippen LogP contribution in [0.15, 0.2) is 23.2 Å². The molecule has 1 saturated carbocycles. The number of halogens is 4. The Morgan fingerprint density at radius 1 is 1.24 bits per heavy atom. The van der Waals surface area contributed by atoms with Gasteiger partial charge in [-0.1, -0.05) is 20.8 Å². The quantitative estimate of drug-likeness (QED) is 0.554. The number of nitrogens with one attached hydrogen (secondary N) is 2. The second kappa shape index (κ2) is 8.53. The van der Waals surface area contributed by atoms with Crippen LogP contribution in [0.3, 0.4) is 0 Å². The molecule has 1 saturated heterocycles. The third kappa shape index (κ3) is 5.20. The monoisotopic (exact) mass is 484 g/mol. The summed E-state index contributed by atoms with van der Waals surface area (Å²) < 4.78 is 61.7. The van der Waals surface area contributed by atoms with Crippen molar-refractivity contribution < 1.29 is 32.1 Å². The standard InChI is InChI=1S/C23H28F4N4O3/c1-12-5-17(19-30-31-20(34-19)28-13-8-22(32,9-13)10-24)29-18-15(12)6-14(33-11-23(25,26)27)7-16(18)21(2,3)4/h5-7,13,19,30,32H,8-11H2,1-4H3,(H,28,31). The van der Waals surface area contributed by atoms with Crippen LogP contribution in [0.4, 0.5) is 17.6 Å². The van der Waals surface area contributed by atoms with Gasteiger partial charge in [-0.2, -0.15) is 18.6 Å². The number of hydrazine groups is 1. The number of fused-ring (bicyclic) bond motifs is 1. The molecule has 4 rings (SSSR count). The minimum atomic E-state index is -4.43. The lowest BCUT2D eigenvalue weighted by Gasteiger charge is -2.39. The number of benzene rings is 1. The molecule has 2 fully saturated rings. The van der Waals surface area contributed by atoms with Gasteiger partial charge < -0.3 is 14.6 Å². The fourth-order valence-corrected chi connectivity index (χ4v) is 4.12. The molecule has 11 heteroatoms. The number of pyridine rings is 1. The van der Waals surface area contributed by atoms with E-state index in [0.29, 0.717) is 16.6 Å². The van der Waals surface area contributed by atoms with Crippen molar-refractivity contribution in [1.82, 2.24) is 15.8 Å². The molecule has 7 nitrogen and oxygen atoms in total. The smallest absolute Gasteiger partial charge is 0.422 e. The fraction of sp³-hybridized carbons (Fsp3) is 0.565. The summed E-state index contributed by atoms with van der Waals surface area (Å²) in [4.78, 5) is 9.12. The zero-order valence-corrected chi connectivity index (χ0v) is 19.4. The number of nitrogens with zero attached hydrogens (tertiary/aromatic N) is 2. The third-order valence-corrected chi connectivity index (χ3v) is 5.91. The molecule has 1 aromatic carbocycles. The Morgan fingerprint density at radius 3 is 2.56 bits per heavy atom. The number of aliphatic hydroxyl groups is 1. The molecule has 0 spiro atoms. The lowest BCUT2D eigenvalue weighted by Crippen LogP contribution is -2.48. The van der Waals surface area contributed by atoms with E-state index in [-0.39, 0.29) is 30.7 Å². The average Bonchev–Trinajstić information content (AvgIpc) is 3.18. The molecule has 0 radical (unpaired) electrons.